The van der Waals surface area contributed by atoms with E-state index in [4.69, 9.17) is 23.7 Å². The van der Waals surface area contributed by atoms with Crippen LogP contribution in [0.4, 0.5) is 13.6 Å². The maximum atomic E-state index is 16.1. The van der Waals surface area contributed by atoms with Crippen LogP contribution in [0.25, 0.3) is 22.3 Å². The molecule has 0 aromatic heterocycles. The van der Waals surface area contributed by atoms with Gasteiger partial charge in [-0.25, -0.2) is 23.2 Å². The molecule has 1 saturated heterocycles. The maximum Gasteiger partial charge on any atom is 0.508 e. The SMILES string of the molecule is C=C(C)C(=O)OCCCc1cc(-c2ccc(C3CCC(CCCCC)CC3)cc2F)c(CC)cc1OCC1(COC(=O)C(=C)C)COC(=O)OC1.CCCCCC1CCC(c2ccc(-c3ccc(O)cc3CC)c(F)c2)CC1. The molecule has 2 aliphatic carbocycles. The fraction of sp³-hybridized carbons (Fsp3) is 0.537. The number of halogens is 2. The van der Waals surface area contributed by atoms with Gasteiger partial charge in [-0.05, 0) is 190 Å². The Morgan fingerprint density at radius 3 is 1.60 bits per heavy atom. The quantitative estimate of drug-likeness (QED) is 0.0300. The molecular weight excluding hydrogens is 987 g/mol. The van der Waals surface area contributed by atoms with Crippen molar-refractivity contribution in [2.75, 3.05) is 33.0 Å². The van der Waals surface area contributed by atoms with Crippen LogP contribution in [0.2, 0.25) is 0 Å². The van der Waals surface area contributed by atoms with Gasteiger partial charge in [0.1, 0.15) is 55.0 Å². The summed E-state index contributed by atoms with van der Waals surface area (Å²) in [7, 11) is 0. The number of phenols is 1. The van der Waals surface area contributed by atoms with Crippen molar-refractivity contribution in [2.24, 2.45) is 17.3 Å². The van der Waals surface area contributed by atoms with Crippen LogP contribution in [0.5, 0.6) is 11.5 Å². The number of aromatic hydroxyl groups is 1. The molecule has 424 valence electrons. The number of benzene rings is 4. The van der Waals surface area contributed by atoms with Crippen LogP contribution >= 0.6 is 0 Å². The number of cyclic esters (lactones) is 2. The van der Waals surface area contributed by atoms with E-state index in [1.54, 1.807) is 38.1 Å². The summed E-state index contributed by atoms with van der Waals surface area (Å²) < 4.78 is 58.6. The van der Waals surface area contributed by atoms with Crippen molar-refractivity contribution in [2.45, 2.75) is 182 Å². The van der Waals surface area contributed by atoms with E-state index < -0.39 is 23.5 Å². The minimum absolute atomic E-state index is 0.00774. The Morgan fingerprint density at radius 2 is 1.10 bits per heavy atom. The Balaban J connectivity index is 0.000000305. The van der Waals surface area contributed by atoms with Crippen LogP contribution in [-0.2, 0) is 47.8 Å². The van der Waals surface area contributed by atoms with Gasteiger partial charge < -0.3 is 28.8 Å². The lowest BCUT2D eigenvalue weighted by Gasteiger charge is -2.35. The highest BCUT2D eigenvalue weighted by molar-refractivity contribution is 5.87. The monoisotopic (exact) mass is 1070 g/mol. The predicted molar refractivity (Wildman–Crippen MR) is 307 cm³/mol. The molecule has 3 aliphatic rings. The summed E-state index contributed by atoms with van der Waals surface area (Å²) in [4.78, 5) is 36.0. The van der Waals surface area contributed by atoms with Crippen LogP contribution in [0.3, 0.4) is 0 Å². The fourth-order valence-corrected chi connectivity index (χ4v) is 11.5. The summed E-state index contributed by atoms with van der Waals surface area (Å²) in [5.41, 5.74) is 7.32. The summed E-state index contributed by atoms with van der Waals surface area (Å²) in [5, 5.41) is 9.69. The number of unbranched alkanes of at least 4 members (excludes halogenated alkanes) is 4. The van der Waals surface area contributed by atoms with Crippen molar-refractivity contribution in [1.29, 1.82) is 0 Å². The number of hydrogen-bond donors (Lipinski definition) is 1. The van der Waals surface area contributed by atoms with Crippen LogP contribution in [0.1, 0.15) is 190 Å². The predicted octanol–water partition coefficient (Wildman–Crippen LogP) is 17.2. The lowest BCUT2D eigenvalue weighted by Crippen LogP contribution is -2.47. The second-order valence-corrected chi connectivity index (χ2v) is 22.6. The smallest absolute Gasteiger partial charge is 0.508 e. The Morgan fingerprint density at radius 1 is 0.603 bits per heavy atom. The number of carbonyl (C=O) groups is 3. The van der Waals surface area contributed by atoms with E-state index >= 15 is 4.39 Å². The molecule has 1 heterocycles. The van der Waals surface area contributed by atoms with Crippen molar-refractivity contribution in [3.63, 3.8) is 0 Å². The molecule has 4 aromatic rings. The summed E-state index contributed by atoms with van der Waals surface area (Å²) in [6, 6.07) is 20.6. The molecular formula is C67H88F2O9. The van der Waals surface area contributed by atoms with E-state index in [2.05, 4.69) is 39.1 Å². The van der Waals surface area contributed by atoms with Crippen molar-refractivity contribution in [1.82, 2.24) is 0 Å². The van der Waals surface area contributed by atoms with Crippen LogP contribution in [0.15, 0.2) is 91.0 Å². The first kappa shape index (κ1) is 61.2. The first-order valence-electron chi connectivity index (χ1n) is 29.2. The molecule has 0 radical (unpaired) electrons. The Kier molecular flexibility index (Phi) is 23.9. The molecule has 0 bridgehead atoms. The average Bonchev–Trinajstić information content (AvgIpc) is 3.52. The van der Waals surface area contributed by atoms with Crippen molar-refractivity contribution >= 4 is 18.1 Å². The third-order valence-corrected chi connectivity index (χ3v) is 16.3. The van der Waals surface area contributed by atoms with Crippen molar-refractivity contribution in [3.05, 3.63) is 130 Å². The van der Waals surface area contributed by atoms with Gasteiger partial charge in [-0.15, -0.1) is 0 Å². The number of esters is 2. The minimum Gasteiger partial charge on any atom is -0.508 e. The highest BCUT2D eigenvalue weighted by Gasteiger charge is 2.41. The number of aryl methyl sites for hydroxylation is 3. The number of carbonyl (C=O) groups excluding carboxylic acids is 3. The molecule has 3 fully saturated rings. The molecule has 0 spiro atoms. The number of phenolic OH excluding ortho intramolecular Hbond substituents is 1. The van der Waals surface area contributed by atoms with Gasteiger partial charge in [0.15, 0.2) is 0 Å². The average molecular weight is 1080 g/mol. The van der Waals surface area contributed by atoms with Crippen LogP contribution < -0.4 is 4.74 Å². The molecule has 0 amide bonds. The standard InChI is InChI=1S/C42H55FO8.C25H33FO/c1-7-9-10-12-30-14-16-32(17-15-30)33-18-19-35(37(43)22-33)36-21-34(13-11-20-47-39(44)28(3)4)38(23-31(36)8-2)48-24-42(25-49-40(45)29(5)6)26-50-41(46)51-27-42;1-3-5-6-7-18-8-10-20(11-9-18)21-12-14-24(25(26)17-21)23-15-13-22(27)16-19(23)4-2/h18-19,21-23,30,32H,3,5,7-17,20,24-27H2,1-2,4,6H3;12-18,20,27H,3-11H2,1-2H3. The van der Waals surface area contributed by atoms with Gasteiger partial charge in [-0.2, -0.15) is 0 Å². The van der Waals surface area contributed by atoms with Crippen molar-refractivity contribution < 1.29 is 52.0 Å². The largest absolute Gasteiger partial charge is 0.508 e. The third-order valence-electron chi connectivity index (χ3n) is 16.3. The van der Waals surface area contributed by atoms with E-state index in [1.165, 1.54) is 89.9 Å². The molecule has 0 atom stereocenters. The molecule has 4 aromatic carbocycles. The highest BCUT2D eigenvalue weighted by Crippen LogP contribution is 2.42. The zero-order valence-corrected chi connectivity index (χ0v) is 47.7. The van der Waals surface area contributed by atoms with Gasteiger partial charge in [0.2, 0.25) is 0 Å². The van der Waals surface area contributed by atoms with E-state index in [9.17, 15) is 23.9 Å². The highest BCUT2D eigenvalue weighted by atomic mass is 19.1. The number of ether oxygens (including phenoxy) is 5. The Bertz CT molecular complexity index is 2630. The van der Waals surface area contributed by atoms with Crippen LogP contribution in [-0.4, -0.2) is 56.2 Å². The molecule has 7 rings (SSSR count). The van der Waals surface area contributed by atoms with Gasteiger partial charge in [-0.1, -0.05) is 123 Å². The lowest BCUT2D eigenvalue weighted by molar-refractivity contribution is -0.151. The molecule has 1 N–H and O–H groups in total. The summed E-state index contributed by atoms with van der Waals surface area (Å²) in [6.45, 7) is 18.9. The zero-order valence-electron chi connectivity index (χ0n) is 47.7. The van der Waals surface area contributed by atoms with Crippen LogP contribution in [0, 0.1) is 28.9 Å². The maximum absolute atomic E-state index is 16.1. The van der Waals surface area contributed by atoms with E-state index in [1.807, 2.05) is 44.2 Å². The second kappa shape index (κ2) is 30.4. The van der Waals surface area contributed by atoms with Gasteiger partial charge in [-0.3, -0.25) is 0 Å². The van der Waals surface area contributed by atoms with E-state index in [-0.39, 0.29) is 56.0 Å². The zero-order chi connectivity index (χ0) is 56.2. The summed E-state index contributed by atoms with van der Waals surface area (Å²) in [6.07, 6.45) is 21.6. The fourth-order valence-electron chi connectivity index (χ4n) is 11.5. The molecule has 78 heavy (non-hydrogen) atoms. The van der Waals surface area contributed by atoms with Gasteiger partial charge in [0.05, 0.1) is 6.61 Å². The number of hydrogen-bond acceptors (Lipinski definition) is 9. The normalized spacial score (nSPS) is 18.8. The topological polar surface area (TPSA) is 118 Å². The van der Waals surface area contributed by atoms with E-state index in [0.29, 0.717) is 53.5 Å². The first-order valence-corrected chi connectivity index (χ1v) is 29.2. The molecule has 0 unspecified atom stereocenters. The summed E-state index contributed by atoms with van der Waals surface area (Å²) >= 11 is 0. The second-order valence-electron chi connectivity index (χ2n) is 22.6. The number of rotatable bonds is 25. The Labute approximate surface area is 464 Å². The Hall–Kier alpha value is -5.97. The van der Waals surface area contributed by atoms with Gasteiger partial charge in [0, 0.05) is 22.3 Å². The van der Waals surface area contributed by atoms with Gasteiger partial charge in [0.25, 0.3) is 0 Å². The van der Waals surface area contributed by atoms with Crippen molar-refractivity contribution in [3.8, 4) is 33.8 Å². The minimum atomic E-state index is -0.963. The third kappa shape index (κ3) is 17.5. The molecule has 1 aliphatic heterocycles. The molecule has 2 saturated carbocycles. The molecule has 11 heteroatoms. The lowest BCUT2D eigenvalue weighted by atomic mass is 9.76. The molecule has 9 nitrogen and oxygen atoms in total. The van der Waals surface area contributed by atoms with E-state index in [0.717, 1.165) is 70.0 Å². The summed E-state index contributed by atoms with van der Waals surface area (Å²) in [5.74, 6) is 1.91. The first-order chi connectivity index (χ1) is 37.6. The van der Waals surface area contributed by atoms with Gasteiger partial charge >= 0.3 is 18.1 Å².